The van der Waals surface area contributed by atoms with Gasteiger partial charge in [0.25, 0.3) is 0 Å². The van der Waals surface area contributed by atoms with Crippen LogP contribution in [0.2, 0.25) is 0 Å². The zero-order valence-corrected chi connectivity index (χ0v) is 12.7. The lowest BCUT2D eigenvalue weighted by atomic mass is 10.1. The second-order valence-corrected chi connectivity index (χ2v) is 4.71. The minimum atomic E-state index is 0.109. The van der Waals surface area contributed by atoms with Crippen molar-refractivity contribution in [3.63, 3.8) is 0 Å². The highest BCUT2D eigenvalue weighted by Gasteiger charge is 2.15. The van der Waals surface area contributed by atoms with Crippen molar-refractivity contribution in [1.29, 1.82) is 0 Å². The van der Waals surface area contributed by atoms with Crippen LogP contribution in [0.3, 0.4) is 0 Å². The lowest BCUT2D eigenvalue weighted by Gasteiger charge is -2.21. The van der Waals surface area contributed by atoms with E-state index in [4.69, 9.17) is 9.47 Å². The first-order valence-electron chi connectivity index (χ1n) is 7.48. The molecule has 0 saturated carbocycles. The Morgan fingerprint density at radius 2 is 1.62 bits per heavy atom. The van der Waals surface area contributed by atoms with Gasteiger partial charge >= 0.3 is 0 Å². The molecule has 0 spiro atoms. The topological polar surface area (TPSA) is 30.5 Å². The molecular formula is C18H23NO2. The summed E-state index contributed by atoms with van der Waals surface area (Å²) >= 11 is 0. The first kappa shape index (κ1) is 15.4. The Morgan fingerprint density at radius 1 is 0.905 bits per heavy atom. The summed E-state index contributed by atoms with van der Waals surface area (Å²) in [5.74, 6) is 1.80. The standard InChI is InChI=1S/C18H23NO2/c1-3-19-17(14-21-15-10-6-5-7-11-15)16-12-8-9-13-18(16)20-4-2/h5-13,17,19H,3-4,14H2,1-2H3. The highest BCUT2D eigenvalue weighted by molar-refractivity contribution is 5.36. The molecule has 3 heteroatoms. The third-order valence-electron chi connectivity index (χ3n) is 3.20. The van der Waals surface area contributed by atoms with Crippen molar-refractivity contribution in [2.24, 2.45) is 0 Å². The molecule has 1 N–H and O–H groups in total. The van der Waals surface area contributed by atoms with E-state index in [2.05, 4.69) is 18.3 Å². The molecular weight excluding hydrogens is 262 g/mol. The van der Waals surface area contributed by atoms with Gasteiger partial charge in [-0.3, -0.25) is 0 Å². The summed E-state index contributed by atoms with van der Waals surface area (Å²) in [5.41, 5.74) is 1.14. The lowest BCUT2D eigenvalue weighted by molar-refractivity contribution is 0.260. The average Bonchev–Trinajstić information content (AvgIpc) is 2.53. The van der Waals surface area contributed by atoms with E-state index >= 15 is 0 Å². The van der Waals surface area contributed by atoms with Crippen molar-refractivity contribution < 1.29 is 9.47 Å². The maximum Gasteiger partial charge on any atom is 0.124 e. The summed E-state index contributed by atoms with van der Waals surface area (Å²) in [6.45, 7) is 6.21. The number of ether oxygens (including phenoxy) is 2. The Morgan fingerprint density at radius 3 is 2.33 bits per heavy atom. The third kappa shape index (κ3) is 4.50. The molecule has 0 aliphatic carbocycles. The fourth-order valence-electron chi connectivity index (χ4n) is 2.26. The molecule has 1 unspecified atom stereocenters. The summed E-state index contributed by atoms with van der Waals surface area (Å²) in [6, 6.07) is 18.1. The number of para-hydroxylation sites is 2. The second-order valence-electron chi connectivity index (χ2n) is 4.71. The normalized spacial score (nSPS) is 11.9. The predicted molar refractivity (Wildman–Crippen MR) is 86.0 cm³/mol. The Bertz CT molecular complexity index is 528. The number of hydrogen-bond acceptors (Lipinski definition) is 3. The van der Waals surface area contributed by atoms with Crippen molar-refractivity contribution >= 4 is 0 Å². The van der Waals surface area contributed by atoms with Crippen LogP contribution >= 0.6 is 0 Å². The maximum atomic E-state index is 5.89. The van der Waals surface area contributed by atoms with Gasteiger partial charge in [-0.2, -0.15) is 0 Å². The van der Waals surface area contributed by atoms with Gasteiger partial charge in [0.05, 0.1) is 12.6 Å². The first-order chi connectivity index (χ1) is 10.3. The minimum Gasteiger partial charge on any atom is -0.494 e. The van der Waals surface area contributed by atoms with Crippen molar-refractivity contribution in [1.82, 2.24) is 5.32 Å². The summed E-state index contributed by atoms with van der Waals surface area (Å²) in [6.07, 6.45) is 0. The Balaban J connectivity index is 2.11. The Hall–Kier alpha value is -2.00. The fourth-order valence-corrected chi connectivity index (χ4v) is 2.26. The number of nitrogens with one attached hydrogen (secondary N) is 1. The van der Waals surface area contributed by atoms with Gasteiger partial charge in [-0.1, -0.05) is 43.3 Å². The van der Waals surface area contributed by atoms with Crippen molar-refractivity contribution in [3.05, 3.63) is 60.2 Å². The largest absolute Gasteiger partial charge is 0.494 e. The van der Waals surface area contributed by atoms with Crippen molar-refractivity contribution in [3.8, 4) is 11.5 Å². The van der Waals surface area contributed by atoms with E-state index in [0.717, 1.165) is 23.6 Å². The van der Waals surface area contributed by atoms with E-state index in [1.807, 2.05) is 55.5 Å². The number of rotatable bonds is 8. The second kappa shape index (κ2) is 8.32. The van der Waals surface area contributed by atoms with Crippen LogP contribution in [0.15, 0.2) is 54.6 Å². The fraction of sp³-hybridized carbons (Fsp3) is 0.333. The van der Waals surface area contributed by atoms with Gasteiger partial charge in [-0.15, -0.1) is 0 Å². The highest BCUT2D eigenvalue weighted by Crippen LogP contribution is 2.26. The number of benzene rings is 2. The number of likely N-dealkylation sites (N-methyl/N-ethyl adjacent to an activating group) is 1. The quantitative estimate of drug-likeness (QED) is 0.800. The molecule has 0 saturated heterocycles. The van der Waals surface area contributed by atoms with Crippen LogP contribution in [0, 0.1) is 0 Å². The highest BCUT2D eigenvalue weighted by atomic mass is 16.5. The van der Waals surface area contributed by atoms with Gasteiger partial charge < -0.3 is 14.8 Å². The Labute approximate surface area is 126 Å². The van der Waals surface area contributed by atoms with Crippen LogP contribution in [-0.4, -0.2) is 19.8 Å². The molecule has 1 atom stereocenters. The molecule has 0 aliphatic heterocycles. The summed E-state index contributed by atoms with van der Waals surface area (Å²) in [7, 11) is 0. The minimum absolute atomic E-state index is 0.109. The smallest absolute Gasteiger partial charge is 0.124 e. The molecule has 2 aromatic carbocycles. The molecule has 0 amide bonds. The van der Waals surface area contributed by atoms with Crippen LogP contribution in [-0.2, 0) is 0 Å². The van der Waals surface area contributed by atoms with Gasteiger partial charge in [0, 0.05) is 5.56 Å². The van der Waals surface area contributed by atoms with E-state index in [0.29, 0.717) is 13.2 Å². The van der Waals surface area contributed by atoms with E-state index in [1.165, 1.54) is 0 Å². The predicted octanol–water partition coefficient (Wildman–Crippen LogP) is 3.81. The van der Waals surface area contributed by atoms with Crippen LogP contribution < -0.4 is 14.8 Å². The summed E-state index contributed by atoms with van der Waals surface area (Å²) in [4.78, 5) is 0. The average molecular weight is 285 g/mol. The summed E-state index contributed by atoms with van der Waals surface area (Å²) < 4.78 is 11.6. The monoisotopic (exact) mass is 285 g/mol. The van der Waals surface area contributed by atoms with E-state index in [-0.39, 0.29) is 6.04 Å². The van der Waals surface area contributed by atoms with E-state index in [9.17, 15) is 0 Å². The Kier molecular flexibility index (Phi) is 6.10. The SMILES string of the molecule is CCNC(COc1ccccc1)c1ccccc1OCC. The van der Waals surface area contributed by atoms with Crippen LogP contribution in [0.4, 0.5) is 0 Å². The van der Waals surface area contributed by atoms with Gasteiger partial charge in [0.15, 0.2) is 0 Å². The maximum absolute atomic E-state index is 5.89. The van der Waals surface area contributed by atoms with Crippen LogP contribution in [0.25, 0.3) is 0 Å². The molecule has 0 heterocycles. The molecule has 2 aromatic rings. The molecule has 0 fully saturated rings. The van der Waals surface area contributed by atoms with Crippen LogP contribution in [0.5, 0.6) is 11.5 Å². The summed E-state index contributed by atoms with van der Waals surface area (Å²) in [5, 5.41) is 3.46. The van der Waals surface area contributed by atoms with E-state index in [1.54, 1.807) is 0 Å². The molecule has 21 heavy (non-hydrogen) atoms. The molecule has 0 aliphatic rings. The van der Waals surface area contributed by atoms with Crippen LogP contribution in [0.1, 0.15) is 25.5 Å². The van der Waals surface area contributed by atoms with Crippen molar-refractivity contribution in [2.45, 2.75) is 19.9 Å². The molecule has 0 bridgehead atoms. The molecule has 3 nitrogen and oxygen atoms in total. The third-order valence-corrected chi connectivity index (χ3v) is 3.20. The van der Waals surface area contributed by atoms with Gasteiger partial charge in [-0.05, 0) is 31.7 Å². The lowest BCUT2D eigenvalue weighted by Crippen LogP contribution is -2.27. The van der Waals surface area contributed by atoms with Gasteiger partial charge in [-0.25, -0.2) is 0 Å². The van der Waals surface area contributed by atoms with Gasteiger partial charge in [0.1, 0.15) is 18.1 Å². The molecule has 2 rings (SSSR count). The number of hydrogen-bond donors (Lipinski definition) is 1. The van der Waals surface area contributed by atoms with Crippen molar-refractivity contribution in [2.75, 3.05) is 19.8 Å². The zero-order chi connectivity index (χ0) is 14.9. The van der Waals surface area contributed by atoms with Gasteiger partial charge in [0.2, 0.25) is 0 Å². The molecule has 0 radical (unpaired) electrons. The first-order valence-corrected chi connectivity index (χ1v) is 7.48. The van der Waals surface area contributed by atoms with E-state index < -0.39 is 0 Å². The molecule has 112 valence electrons. The molecule has 0 aromatic heterocycles. The zero-order valence-electron chi connectivity index (χ0n) is 12.7.